The molecule has 1 atom stereocenters. The van der Waals surface area contributed by atoms with Crippen molar-refractivity contribution in [2.75, 3.05) is 0 Å². The average Bonchev–Trinajstić information content (AvgIpc) is 2.52. The van der Waals surface area contributed by atoms with Gasteiger partial charge in [0.05, 0.1) is 11.5 Å². The molecule has 0 spiro atoms. The predicted molar refractivity (Wildman–Crippen MR) is 78.8 cm³/mol. The van der Waals surface area contributed by atoms with Crippen molar-refractivity contribution in [1.82, 2.24) is 0 Å². The van der Waals surface area contributed by atoms with Gasteiger partial charge in [0.2, 0.25) is 5.88 Å². The summed E-state index contributed by atoms with van der Waals surface area (Å²) in [7, 11) is 0. The van der Waals surface area contributed by atoms with Crippen molar-refractivity contribution in [3.05, 3.63) is 70.6 Å². The maximum absolute atomic E-state index is 13.0. The summed E-state index contributed by atoms with van der Waals surface area (Å²) in [6.45, 7) is 0. The molecule has 0 bridgehead atoms. The molecule has 0 radical (unpaired) electrons. The Bertz CT molecular complexity index is 882. The number of phenols is 1. The zero-order valence-corrected chi connectivity index (χ0v) is 12.1. The second-order valence-electron chi connectivity index (χ2n) is 5.27. The number of hydrogen-bond acceptors (Lipinski definition) is 4. The number of benzene rings is 2. The molecule has 3 N–H and O–H groups in total. The molecule has 122 valence electrons. The number of aromatic hydroxyl groups is 1. The van der Waals surface area contributed by atoms with E-state index in [0.717, 1.165) is 12.1 Å². The number of fused-ring (bicyclic) bond motifs is 1. The van der Waals surface area contributed by atoms with Crippen LogP contribution in [0, 0.1) is 11.3 Å². The fraction of sp³-hybridized carbons (Fsp3) is 0.118. The number of nitrogens with two attached hydrogens (primary N) is 1. The number of phenolic OH excluding ortho intramolecular Hbond substituents is 1. The summed E-state index contributed by atoms with van der Waals surface area (Å²) in [5.74, 6) is -0.877. The van der Waals surface area contributed by atoms with Gasteiger partial charge in [-0.05, 0) is 17.7 Å². The van der Waals surface area contributed by atoms with Gasteiger partial charge in [-0.3, -0.25) is 0 Å². The van der Waals surface area contributed by atoms with Gasteiger partial charge in [0, 0.05) is 11.6 Å². The van der Waals surface area contributed by atoms with Gasteiger partial charge in [-0.1, -0.05) is 24.3 Å². The molecule has 1 aliphatic heterocycles. The van der Waals surface area contributed by atoms with E-state index in [1.54, 1.807) is 0 Å². The van der Waals surface area contributed by atoms with Crippen LogP contribution in [0.5, 0.6) is 11.5 Å². The van der Waals surface area contributed by atoms with Crippen LogP contribution in [0.2, 0.25) is 0 Å². The van der Waals surface area contributed by atoms with Gasteiger partial charge in [-0.2, -0.15) is 18.4 Å². The van der Waals surface area contributed by atoms with Gasteiger partial charge < -0.3 is 15.6 Å². The molecular formula is C17H11F3N2O2. The molecule has 4 nitrogen and oxygen atoms in total. The molecular weight excluding hydrogens is 321 g/mol. The van der Waals surface area contributed by atoms with Crippen molar-refractivity contribution < 1.29 is 23.0 Å². The number of alkyl halides is 3. The van der Waals surface area contributed by atoms with Crippen LogP contribution < -0.4 is 10.5 Å². The molecule has 2 aromatic carbocycles. The van der Waals surface area contributed by atoms with Gasteiger partial charge in [-0.25, -0.2) is 0 Å². The zero-order valence-electron chi connectivity index (χ0n) is 12.1. The van der Waals surface area contributed by atoms with Crippen molar-refractivity contribution in [1.29, 1.82) is 5.26 Å². The molecule has 1 heterocycles. The normalized spacial score (nSPS) is 17.0. The Balaban J connectivity index is 2.21. The highest BCUT2D eigenvalue weighted by molar-refractivity contribution is 5.57. The molecule has 0 fully saturated rings. The molecule has 24 heavy (non-hydrogen) atoms. The second kappa shape index (κ2) is 5.49. The molecule has 1 aliphatic rings. The molecule has 0 aliphatic carbocycles. The lowest BCUT2D eigenvalue weighted by Crippen LogP contribution is -2.21. The van der Waals surface area contributed by atoms with Crippen molar-refractivity contribution >= 4 is 0 Å². The van der Waals surface area contributed by atoms with Gasteiger partial charge in [-0.15, -0.1) is 0 Å². The molecule has 7 heteroatoms. The minimum absolute atomic E-state index is 0.0208. The van der Waals surface area contributed by atoms with E-state index in [4.69, 9.17) is 10.5 Å². The summed E-state index contributed by atoms with van der Waals surface area (Å²) in [6, 6.07) is 10.8. The number of nitriles is 1. The van der Waals surface area contributed by atoms with Crippen LogP contribution >= 0.6 is 0 Å². The van der Waals surface area contributed by atoms with E-state index in [1.807, 2.05) is 6.07 Å². The van der Waals surface area contributed by atoms with E-state index < -0.39 is 17.7 Å². The highest BCUT2D eigenvalue weighted by Gasteiger charge is 2.34. The Morgan fingerprint density at radius 1 is 1.17 bits per heavy atom. The number of hydrogen-bond donors (Lipinski definition) is 2. The fourth-order valence-electron chi connectivity index (χ4n) is 2.68. The van der Waals surface area contributed by atoms with E-state index >= 15 is 0 Å². The van der Waals surface area contributed by atoms with Gasteiger partial charge in [0.25, 0.3) is 0 Å². The van der Waals surface area contributed by atoms with Crippen LogP contribution in [-0.2, 0) is 6.18 Å². The Morgan fingerprint density at radius 3 is 2.58 bits per heavy atom. The Labute approximate surface area is 135 Å². The number of nitrogens with zero attached hydrogens (tertiary/aromatic N) is 1. The first-order valence-corrected chi connectivity index (χ1v) is 6.89. The third kappa shape index (κ3) is 2.63. The Kier molecular flexibility index (Phi) is 3.60. The van der Waals surface area contributed by atoms with Gasteiger partial charge >= 0.3 is 6.18 Å². The number of ether oxygens (including phenoxy) is 1. The lowest BCUT2D eigenvalue weighted by Gasteiger charge is -2.26. The average molecular weight is 332 g/mol. The van der Waals surface area contributed by atoms with Crippen molar-refractivity contribution in [2.24, 2.45) is 5.73 Å². The number of halogens is 3. The summed E-state index contributed by atoms with van der Waals surface area (Å²) in [5, 5.41) is 18.9. The summed E-state index contributed by atoms with van der Waals surface area (Å²) < 4.78 is 44.3. The van der Waals surface area contributed by atoms with Crippen LogP contribution in [-0.4, -0.2) is 5.11 Å². The molecule has 0 unspecified atom stereocenters. The Hall–Kier alpha value is -3.14. The third-order valence-corrected chi connectivity index (χ3v) is 3.75. The summed E-state index contributed by atoms with van der Waals surface area (Å²) in [6.07, 6.45) is -4.50. The molecule has 0 amide bonds. The summed E-state index contributed by atoms with van der Waals surface area (Å²) in [4.78, 5) is 0. The maximum Gasteiger partial charge on any atom is 0.416 e. The third-order valence-electron chi connectivity index (χ3n) is 3.75. The molecule has 0 saturated carbocycles. The zero-order chi connectivity index (χ0) is 17.5. The summed E-state index contributed by atoms with van der Waals surface area (Å²) >= 11 is 0. The summed E-state index contributed by atoms with van der Waals surface area (Å²) in [5.41, 5.74) is 5.66. The van der Waals surface area contributed by atoms with E-state index in [1.165, 1.54) is 30.3 Å². The van der Waals surface area contributed by atoms with E-state index in [0.29, 0.717) is 5.56 Å². The number of allylic oxidation sites excluding steroid dienone is 1. The highest BCUT2D eigenvalue weighted by Crippen LogP contribution is 2.44. The lowest BCUT2D eigenvalue weighted by atomic mass is 9.83. The van der Waals surface area contributed by atoms with Crippen LogP contribution in [0.25, 0.3) is 0 Å². The second-order valence-corrected chi connectivity index (χ2v) is 5.27. The number of rotatable bonds is 1. The maximum atomic E-state index is 13.0. The van der Waals surface area contributed by atoms with Crippen LogP contribution in [0.15, 0.2) is 53.9 Å². The first kappa shape index (κ1) is 15.7. The lowest BCUT2D eigenvalue weighted by molar-refractivity contribution is -0.137. The minimum Gasteiger partial charge on any atom is -0.508 e. The quantitative estimate of drug-likeness (QED) is 0.836. The topological polar surface area (TPSA) is 79.3 Å². The largest absolute Gasteiger partial charge is 0.508 e. The van der Waals surface area contributed by atoms with E-state index in [9.17, 15) is 23.5 Å². The Morgan fingerprint density at radius 2 is 1.92 bits per heavy atom. The molecule has 3 rings (SSSR count). The predicted octanol–water partition coefficient (Wildman–Crippen LogP) is 3.63. The smallest absolute Gasteiger partial charge is 0.416 e. The molecule has 0 saturated heterocycles. The highest BCUT2D eigenvalue weighted by atomic mass is 19.4. The monoisotopic (exact) mass is 332 g/mol. The van der Waals surface area contributed by atoms with Crippen molar-refractivity contribution in [3.63, 3.8) is 0 Å². The molecule has 0 aromatic heterocycles. The van der Waals surface area contributed by atoms with Crippen LogP contribution in [0.1, 0.15) is 22.6 Å². The SMILES string of the molecule is N#CC1=C(N)Oc2cc(O)ccc2[C@H]1c1cccc(C(F)(F)F)c1. The van der Waals surface area contributed by atoms with Crippen molar-refractivity contribution in [2.45, 2.75) is 12.1 Å². The molecule has 2 aromatic rings. The van der Waals surface area contributed by atoms with Crippen LogP contribution in [0.4, 0.5) is 13.2 Å². The van der Waals surface area contributed by atoms with Gasteiger partial charge in [0.15, 0.2) is 0 Å². The standard InChI is InChI=1S/C17H11F3N2O2/c18-17(19,20)10-3-1-2-9(6-10)15-12-5-4-11(23)7-14(12)24-16(22)13(15)8-21/h1-7,15,23H,22H2/t15-/m1/s1. The van der Waals surface area contributed by atoms with E-state index in [2.05, 4.69) is 0 Å². The van der Waals surface area contributed by atoms with Crippen molar-refractivity contribution in [3.8, 4) is 17.6 Å². The van der Waals surface area contributed by atoms with E-state index in [-0.39, 0.29) is 28.5 Å². The fourth-order valence-corrected chi connectivity index (χ4v) is 2.68. The first-order valence-electron chi connectivity index (χ1n) is 6.89. The van der Waals surface area contributed by atoms with Gasteiger partial charge in [0.1, 0.15) is 23.1 Å². The minimum atomic E-state index is -4.50. The first-order chi connectivity index (χ1) is 11.3. The van der Waals surface area contributed by atoms with Crippen LogP contribution in [0.3, 0.4) is 0 Å².